The van der Waals surface area contributed by atoms with Crippen molar-refractivity contribution in [3.8, 4) is 22.5 Å². The number of rotatable bonds is 2. The maximum absolute atomic E-state index is 6.19. The predicted octanol–water partition coefficient (Wildman–Crippen LogP) is 9.83. The molecular weight excluding hydrogens is 727 g/mol. The fraction of sp³-hybridized carbons (Fsp3) is 0.216. The van der Waals surface area contributed by atoms with E-state index in [2.05, 4.69) is 60.2 Å². The molecule has 0 bridgehead atoms. The summed E-state index contributed by atoms with van der Waals surface area (Å²) in [6.07, 6.45) is 7.59. The van der Waals surface area contributed by atoms with E-state index in [1.54, 1.807) is 0 Å². The monoisotopic (exact) mass is 758 g/mol. The molecule has 5 heterocycles. The largest absolute Gasteiger partial charge is 0.486 e. The van der Waals surface area contributed by atoms with E-state index in [0.717, 1.165) is 44.6 Å². The van der Waals surface area contributed by atoms with Gasteiger partial charge < -0.3 is 14.4 Å². The average molecular weight is 758 g/mol. The Balaban J connectivity index is 0.000000199. The Labute approximate surface area is 269 Å². The molecule has 0 fully saturated rings. The van der Waals surface area contributed by atoms with Gasteiger partial charge in [0.2, 0.25) is 5.71 Å². The third-order valence-electron chi connectivity index (χ3n) is 8.12. The van der Waals surface area contributed by atoms with Gasteiger partial charge in [-0.05, 0) is 78.6 Å². The van der Waals surface area contributed by atoms with E-state index in [0.29, 0.717) is 5.71 Å². The molecule has 1 aliphatic carbocycles. The van der Waals surface area contributed by atoms with Crippen molar-refractivity contribution < 1.29 is 24.5 Å². The summed E-state index contributed by atoms with van der Waals surface area (Å²) in [7, 11) is 0. The average Bonchev–Trinajstić information content (AvgIpc) is 3.56. The van der Waals surface area contributed by atoms with E-state index in [1.165, 1.54) is 45.4 Å². The summed E-state index contributed by atoms with van der Waals surface area (Å²) in [6, 6.07) is 28.8. The van der Waals surface area contributed by atoms with E-state index >= 15 is 0 Å². The van der Waals surface area contributed by atoms with Crippen molar-refractivity contribution in [2.75, 3.05) is 0 Å². The molecule has 0 unspecified atom stereocenters. The fourth-order valence-electron chi connectivity index (χ4n) is 6.01. The van der Waals surface area contributed by atoms with Crippen molar-refractivity contribution in [1.29, 1.82) is 0 Å². The van der Waals surface area contributed by atoms with Crippen LogP contribution in [0.5, 0.6) is 0 Å². The van der Waals surface area contributed by atoms with Gasteiger partial charge in [-0.15, -0.1) is 65.4 Å². The van der Waals surface area contributed by atoms with E-state index < -0.39 is 0 Å². The number of nitrogens with zero attached hydrogens (tertiary/aromatic N) is 3. The van der Waals surface area contributed by atoms with E-state index in [-0.39, 0.29) is 25.5 Å². The first-order valence-electron chi connectivity index (χ1n) is 14.4. The number of fused-ring (bicyclic) bond motifs is 6. The molecule has 43 heavy (non-hydrogen) atoms. The van der Waals surface area contributed by atoms with Crippen LogP contribution in [0, 0.1) is 26.0 Å². The molecule has 2 aromatic carbocycles. The Morgan fingerprint density at radius 1 is 0.860 bits per heavy atom. The standard InChI is InChI=1S/C25H21N2OS.C12H10N.Ir/c1-14-9-10-16-15-6-4-7-17(23(15)28-24(16)27-14)19-12-18-21(13-26-19)29-20-8-5-11-25(2,3)22(18)20;1-10-7-8-12(13-9-10)11-5-3-2-4-6-11;/h4,6,9-10,12-13H,5,8,11H2,1-3H3;2-5,7-9H,1H3;/q2*-1;. The molecule has 0 aliphatic heterocycles. The molecule has 1 radical (unpaired) electrons. The number of aromatic nitrogens is 3. The van der Waals surface area contributed by atoms with Gasteiger partial charge in [0.15, 0.2) is 0 Å². The van der Waals surface area contributed by atoms with Gasteiger partial charge in [0.05, 0.1) is 10.3 Å². The second-order valence-electron chi connectivity index (χ2n) is 11.7. The third kappa shape index (κ3) is 5.56. The van der Waals surface area contributed by atoms with Gasteiger partial charge in [-0.2, -0.15) is 0 Å². The van der Waals surface area contributed by atoms with Crippen LogP contribution in [0.1, 0.15) is 48.4 Å². The van der Waals surface area contributed by atoms with Crippen LogP contribution in [0.3, 0.4) is 0 Å². The number of pyridine rings is 3. The summed E-state index contributed by atoms with van der Waals surface area (Å²) in [4.78, 5) is 15.2. The van der Waals surface area contributed by atoms with Crippen LogP contribution >= 0.6 is 11.3 Å². The Morgan fingerprint density at radius 3 is 2.51 bits per heavy atom. The molecule has 5 aromatic heterocycles. The molecule has 0 N–H and O–H groups in total. The second kappa shape index (κ2) is 11.8. The first-order chi connectivity index (χ1) is 20.4. The van der Waals surface area contributed by atoms with Crippen molar-refractivity contribution in [2.24, 2.45) is 0 Å². The fourth-order valence-corrected chi connectivity index (χ4v) is 7.39. The van der Waals surface area contributed by atoms with Crippen LogP contribution in [0.2, 0.25) is 0 Å². The van der Waals surface area contributed by atoms with Crippen molar-refractivity contribution >= 4 is 43.5 Å². The van der Waals surface area contributed by atoms with Crippen LogP contribution in [0.15, 0.2) is 83.5 Å². The zero-order valence-electron chi connectivity index (χ0n) is 24.6. The number of hydrogen-bond acceptors (Lipinski definition) is 5. The van der Waals surface area contributed by atoms with Crippen molar-refractivity contribution in [3.63, 3.8) is 0 Å². The number of aryl methyl sites for hydroxylation is 3. The van der Waals surface area contributed by atoms with Crippen molar-refractivity contribution in [3.05, 3.63) is 113 Å². The minimum atomic E-state index is 0. The normalized spacial score (nSPS) is 13.8. The SMILES string of the molecule is Cc1ccc(-c2[c-]cccc2)nc1.Cc1ccc2c(n1)oc1c(-c3cc4c5c(sc4cn3)CCCC5(C)C)[c-]ccc12.[Ir]. The molecule has 6 heteroatoms. The van der Waals surface area contributed by atoms with Crippen molar-refractivity contribution in [2.45, 2.75) is 52.4 Å². The maximum atomic E-state index is 6.19. The maximum Gasteiger partial charge on any atom is 0.216 e. The Bertz CT molecular complexity index is 2060. The van der Waals surface area contributed by atoms with E-state index in [1.807, 2.05) is 80.0 Å². The van der Waals surface area contributed by atoms with Crippen molar-refractivity contribution in [1.82, 2.24) is 15.0 Å². The van der Waals surface area contributed by atoms with Gasteiger partial charge in [0.1, 0.15) is 0 Å². The second-order valence-corrected chi connectivity index (χ2v) is 12.8. The smallest absolute Gasteiger partial charge is 0.216 e. The quantitative estimate of drug-likeness (QED) is 0.165. The topological polar surface area (TPSA) is 51.8 Å². The predicted molar refractivity (Wildman–Crippen MR) is 173 cm³/mol. The van der Waals surface area contributed by atoms with Gasteiger partial charge in [-0.25, -0.2) is 4.98 Å². The molecule has 1 aliphatic rings. The van der Waals surface area contributed by atoms with E-state index in [4.69, 9.17) is 9.40 Å². The summed E-state index contributed by atoms with van der Waals surface area (Å²) in [5.41, 5.74) is 9.20. The zero-order valence-corrected chi connectivity index (χ0v) is 27.8. The molecule has 4 nitrogen and oxygen atoms in total. The first-order valence-corrected chi connectivity index (χ1v) is 15.2. The number of thiophene rings is 1. The summed E-state index contributed by atoms with van der Waals surface area (Å²) >= 11 is 1.91. The van der Waals surface area contributed by atoms with Crippen LogP contribution < -0.4 is 0 Å². The third-order valence-corrected chi connectivity index (χ3v) is 9.32. The minimum absolute atomic E-state index is 0. The van der Waals surface area contributed by atoms with E-state index in [9.17, 15) is 0 Å². The molecule has 217 valence electrons. The molecular formula is C37H31IrN3OS-2. The summed E-state index contributed by atoms with van der Waals surface area (Å²) in [5.74, 6) is 0. The number of hydrogen-bond donors (Lipinski definition) is 0. The van der Waals surface area contributed by atoms with Crippen LogP contribution in [0.25, 0.3) is 54.7 Å². The van der Waals surface area contributed by atoms with Crippen LogP contribution in [-0.4, -0.2) is 15.0 Å². The molecule has 8 rings (SSSR count). The summed E-state index contributed by atoms with van der Waals surface area (Å²) in [5, 5.41) is 3.45. The zero-order chi connectivity index (χ0) is 28.8. The van der Waals surface area contributed by atoms with Crippen LogP contribution in [0.4, 0.5) is 0 Å². The van der Waals surface area contributed by atoms with Gasteiger partial charge in [0, 0.05) is 48.5 Å². The Hall–Kier alpha value is -3.70. The van der Waals surface area contributed by atoms with Gasteiger partial charge in [-0.3, -0.25) is 0 Å². The Morgan fingerprint density at radius 2 is 1.72 bits per heavy atom. The molecule has 0 atom stereocenters. The minimum Gasteiger partial charge on any atom is -0.486 e. The number of benzene rings is 2. The molecule has 0 amide bonds. The van der Waals surface area contributed by atoms with Gasteiger partial charge in [0.25, 0.3) is 0 Å². The molecule has 0 saturated heterocycles. The Kier molecular flexibility index (Phi) is 8.04. The molecule has 0 saturated carbocycles. The first kappa shape index (κ1) is 29.4. The summed E-state index contributed by atoms with van der Waals surface area (Å²) < 4.78 is 7.47. The van der Waals surface area contributed by atoms with Crippen LogP contribution in [-0.2, 0) is 31.9 Å². The van der Waals surface area contributed by atoms with Gasteiger partial charge >= 0.3 is 0 Å². The molecule has 7 aromatic rings. The number of furan rings is 1. The summed E-state index contributed by atoms with van der Waals surface area (Å²) in [6.45, 7) is 8.76. The molecule has 0 spiro atoms. The van der Waals surface area contributed by atoms with Gasteiger partial charge in [-0.1, -0.05) is 43.0 Å².